The lowest BCUT2D eigenvalue weighted by atomic mass is 10.3. The average Bonchev–Trinajstić information content (AvgIpc) is 3.30. The molecule has 26 heavy (non-hydrogen) atoms. The highest BCUT2D eigenvalue weighted by molar-refractivity contribution is 7.18. The zero-order valence-electron chi connectivity index (χ0n) is 14.2. The van der Waals surface area contributed by atoms with Gasteiger partial charge in [0.25, 0.3) is 0 Å². The molecule has 0 aliphatic rings. The monoisotopic (exact) mass is 367 g/mol. The third-order valence-electron chi connectivity index (χ3n) is 3.90. The molecule has 4 rings (SSSR count). The molecule has 0 aliphatic heterocycles. The van der Waals surface area contributed by atoms with E-state index in [2.05, 4.69) is 20.2 Å². The molecule has 2 N–H and O–H groups in total. The van der Waals surface area contributed by atoms with Crippen molar-refractivity contribution < 1.29 is 4.79 Å². The summed E-state index contributed by atoms with van der Waals surface area (Å²) >= 11 is 1.63. The molecule has 132 valence electrons. The van der Waals surface area contributed by atoms with Crippen LogP contribution in [-0.4, -0.2) is 35.4 Å². The van der Waals surface area contributed by atoms with Crippen molar-refractivity contribution in [3.63, 3.8) is 0 Å². The maximum Gasteiger partial charge on any atom is 0.225 e. The third-order valence-corrected chi connectivity index (χ3v) is 4.83. The number of hydrogen-bond acceptors (Lipinski definition) is 6. The van der Waals surface area contributed by atoms with Gasteiger partial charge in [-0.2, -0.15) is 10.2 Å². The number of aryl methyl sites for hydroxylation is 3. The van der Waals surface area contributed by atoms with Crippen LogP contribution in [0.2, 0.25) is 0 Å². The highest BCUT2D eigenvalue weighted by Gasteiger charge is 2.14. The van der Waals surface area contributed by atoms with E-state index in [1.807, 2.05) is 42.1 Å². The van der Waals surface area contributed by atoms with E-state index < -0.39 is 5.91 Å². The number of carbonyl (C=O) groups is 1. The molecule has 0 aliphatic carbocycles. The van der Waals surface area contributed by atoms with Gasteiger partial charge in [0.05, 0.1) is 27.3 Å². The molecule has 0 saturated carbocycles. The molecule has 3 aromatic heterocycles. The number of nitrogens with zero attached hydrogens (tertiary/aromatic N) is 6. The summed E-state index contributed by atoms with van der Waals surface area (Å²) in [7, 11) is 0. The molecular formula is C17H17N7OS. The molecule has 0 radical (unpaired) electrons. The van der Waals surface area contributed by atoms with E-state index in [1.165, 1.54) is 0 Å². The first-order valence-electron chi connectivity index (χ1n) is 8.16. The van der Waals surface area contributed by atoms with Gasteiger partial charge in [0, 0.05) is 25.4 Å². The lowest BCUT2D eigenvalue weighted by Crippen LogP contribution is -2.14. The summed E-state index contributed by atoms with van der Waals surface area (Å²) in [6.07, 6.45) is 4.29. The SMILES string of the molecule is Cc1nc2ccc(-n3nc(CC(N)=O)nc3CCn3cccn3)cc2s1. The summed E-state index contributed by atoms with van der Waals surface area (Å²) in [6, 6.07) is 7.85. The highest BCUT2D eigenvalue weighted by Crippen LogP contribution is 2.24. The number of primary amides is 1. The third kappa shape index (κ3) is 3.33. The van der Waals surface area contributed by atoms with Crippen LogP contribution in [0.15, 0.2) is 36.7 Å². The molecule has 8 nitrogen and oxygen atoms in total. The minimum Gasteiger partial charge on any atom is -0.369 e. The van der Waals surface area contributed by atoms with E-state index in [0.717, 1.165) is 26.7 Å². The van der Waals surface area contributed by atoms with Gasteiger partial charge < -0.3 is 5.73 Å². The number of nitrogens with two attached hydrogens (primary N) is 1. The second kappa shape index (κ2) is 6.68. The summed E-state index contributed by atoms with van der Waals surface area (Å²) in [5.41, 5.74) is 7.16. The van der Waals surface area contributed by atoms with Crippen molar-refractivity contribution in [1.82, 2.24) is 29.5 Å². The number of thiazole rings is 1. The second-order valence-corrected chi connectivity index (χ2v) is 7.14. The van der Waals surface area contributed by atoms with Crippen molar-refractivity contribution in [3.05, 3.63) is 53.3 Å². The Morgan fingerprint density at radius 2 is 2.19 bits per heavy atom. The van der Waals surface area contributed by atoms with Crippen molar-refractivity contribution in [2.75, 3.05) is 0 Å². The summed E-state index contributed by atoms with van der Waals surface area (Å²) in [6.45, 7) is 2.66. The number of benzene rings is 1. The largest absolute Gasteiger partial charge is 0.369 e. The molecule has 1 aromatic carbocycles. The smallest absolute Gasteiger partial charge is 0.225 e. The van der Waals surface area contributed by atoms with Crippen molar-refractivity contribution in [2.45, 2.75) is 26.3 Å². The van der Waals surface area contributed by atoms with Crippen molar-refractivity contribution in [3.8, 4) is 5.69 Å². The molecule has 0 bridgehead atoms. The van der Waals surface area contributed by atoms with Gasteiger partial charge >= 0.3 is 0 Å². The fraction of sp³-hybridized carbons (Fsp3) is 0.235. The van der Waals surface area contributed by atoms with Crippen LogP contribution in [-0.2, 0) is 24.2 Å². The van der Waals surface area contributed by atoms with Gasteiger partial charge in [-0.1, -0.05) is 0 Å². The fourth-order valence-corrected chi connectivity index (χ4v) is 3.66. The van der Waals surface area contributed by atoms with E-state index in [1.54, 1.807) is 22.2 Å². The molecule has 0 spiro atoms. The Morgan fingerprint density at radius 1 is 1.31 bits per heavy atom. The van der Waals surface area contributed by atoms with Gasteiger partial charge in [-0.05, 0) is 31.2 Å². The molecule has 9 heteroatoms. The van der Waals surface area contributed by atoms with Crippen LogP contribution in [0.5, 0.6) is 0 Å². The number of carbonyl (C=O) groups excluding carboxylic acids is 1. The van der Waals surface area contributed by atoms with E-state index >= 15 is 0 Å². The van der Waals surface area contributed by atoms with Crippen LogP contribution in [0.1, 0.15) is 16.7 Å². The summed E-state index contributed by atoms with van der Waals surface area (Å²) in [5.74, 6) is 0.736. The number of amides is 1. The molecule has 0 fully saturated rings. The molecule has 4 aromatic rings. The zero-order valence-corrected chi connectivity index (χ0v) is 15.0. The van der Waals surface area contributed by atoms with Gasteiger partial charge in [0.1, 0.15) is 5.82 Å². The lowest BCUT2D eigenvalue weighted by Gasteiger charge is -2.06. The van der Waals surface area contributed by atoms with E-state index in [4.69, 9.17) is 5.73 Å². The average molecular weight is 367 g/mol. The molecule has 1 amide bonds. The van der Waals surface area contributed by atoms with Crippen molar-refractivity contribution in [1.29, 1.82) is 0 Å². The van der Waals surface area contributed by atoms with Crippen LogP contribution >= 0.6 is 11.3 Å². The van der Waals surface area contributed by atoms with E-state index in [0.29, 0.717) is 18.8 Å². The predicted molar refractivity (Wildman–Crippen MR) is 98.1 cm³/mol. The Bertz CT molecular complexity index is 1060. The summed E-state index contributed by atoms with van der Waals surface area (Å²) in [5, 5.41) is 9.72. The van der Waals surface area contributed by atoms with Crippen LogP contribution in [0.4, 0.5) is 0 Å². The Morgan fingerprint density at radius 3 is 2.96 bits per heavy atom. The van der Waals surface area contributed by atoms with E-state index in [9.17, 15) is 4.79 Å². The van der Waals surface area contributed by atoms with Gasteiger partial charge in [0.2, 0.25) is 5.91 Å². The van der Waals surface area contributed by atoms with Crippen LogP contribution < -0.4 is 5.73 Å². The van der Waals surface area contributed by atoms with E-state index in [-0.39, 0.29) is 6.42 Å². The van der Waals surface area contributed by atoms with Gasteiger partial charge in [-0.25, -0.2) is 14.6 Å². The number of hydrogen-bond donors (Lipinski definition) is 1. The highest BCUT2D eigenvalue weighted by atomic mass is 32.1. The molecule has 3 heterocycles. The van der Waals surface area contributed by atoms with Gasteiger partial charge in [0.15, 0.2) is 5.82 Å². The molecular weight excluding hydrogens is 350 g/mol. The predicted octanol–water partition coefficient (Wildman–Crippen LogP) is 1.65. The van der Waals surface area contributed by atoms with Crippen LogP contribution in [0.3, 0.4) is 0 Å². The van der Waals surface area contributed by atoms with Crippen molar-refractivity contribution >= 4 is 27.5 Å². The second-order valence-electron chi connectivity index (χ2n) is 5.90. The first-order chi connectivity index (χ1) is 12.6. The fourth-order valence-electron chi connectivity index (χ4n) is 2.80. The maximum absolute atomic E-state index is 11.3. The number of aromatic nitrogens is 6. The normalized spacial score (nSPS) is 11.3. The molecule has 0 atom stereocenters. The minimum absolute atomic E-state index is 0.0175. The lowest BCUT2D eigenvalue weighted by molar-refractivity contribution is -0.117. The molecule has 0 unspecified atom stereocenters. The van der Waals surface area contributed by atoms with Crippen molar-refractivity contribution in [2.24, 2.45) is 5.73 Å². The number of fused-ring (bicyclic) bond motifs is 1. The maximum atomic E-state index is 11.3. The Hall–Kier alpha value is -3.07. The first kappa shape index (κ1) is 16.4. The minimum atomic E-state index is -0.450. The summed E-state index contributed by atoms with van der Waals surface area (Å²) < 4.78 is 4.70. The van der Waals surface area contributed by atoms with Gasteiger partial charge in [-0.15, -0.1) is 11.3 Å². The quantitative estimate of drug-likeness (QED) is 0.558. The Kier molecular flexibility index (Phi) is 4.21. The Labute approximate surface area is 153 Å². The Balaban J connectivity index is 1.71. The molecule has 0 saturated heterocycles. The van der Waals surface area contributed by atoms with Crippen LogP contribution in [0.25, 0.3) is 15.9 Å². The van der Waals surface area contributed by atoms with Crippen LogP contribution in [0, 0.1) is 6.92 Å². The van der Waals surface area contributed by atoms with Gasteiger partial charge in [-0.3, -0.25) is 9.48 Å². The first-order valence-corrected chi connectivity index (χ1v) is 8.98. The standard InChI is InChI=1S/C17H17N7OS/c1-11-20-13-4-3-12(9-14(13)26-11)24-17(5-8-23-7-2-6-19-23)21-16(22-24)10-15(18)25/h2-4,6-7,9H,5,8,10H2,1H3,(H2,18,25). The summed E-state index contributed by atoms with van der Waals surface area (Å²) in [4.78, 5) is 20.3. The zero-order chi connectivity index (χ0) is 18.1. The number of rotatable bonds is 6. The topological polar surface area (TPSA) is 105 Å².